The van der Waals surface area contributed by atoms with Crippen LogP contribution in [0.3, 0.4) is 0 Å². The van der Waals surface area contributed by atoms with E-state index < -0.39 is 17.4 Å². The minimum absolute atomic E-state index is 0.132. The van der Waals surface area contributed by atoms with Gasteiger partial charge < -0.3 is 15.0 Å². The lowest BCUT2D eigenvalue weighted by molar-refractivity contribution is -0.150. The van der Waals surface area contributed by atoms with E-state index in [9.17, 15) is 19.5 Å². The lowest BCUT2D eigenvalue weighted by Crippen LogP contribution is -2.45. The van der Waals surface area contributed by atoms with Crippen LogP contribution in [0, 0.1) is 5.41 Å². The maximum atomic E-state index is 12.8. The number of aromatic amines is 1. The van der Waals surface area contributed by atoms with Crippen molar-refractivity contribution in [1.82, 2.24) is 9.88 Å². The number of hydrogen-bond acceptors (Lipinski definition) is 3. The second-order valence-corrected chi connectivity index (χ2v) is 7.04. The number of rotatable bonds is 7. The van der Waals surface area contributed by atoms with E-state index in [0.29, 0.717) is 6.42 Å². The monoisotopic (exact) mass is 344 g/mol. The fourth-order valence-corrected chi connectivity index (χ4v) is 2.82. The highest BCUT2D eigenvalue weighted by Crippen LogP contribution is 2.25. The van der Waals surface area contributed by atoms with Gasteiger partial charge in [0.25, 0.3) is 0 Å². The number of aromatic nitrogens is 1. The molecule has 0 bridgehead atoms. The van der Waals surface area contributed by atoms with Gasteiger partial charge in [-0.2, -0.15) is 0 Å². The van der Waals surface area contributed by atoms with Crippen LogP contribution in [-0.4, -0.2) is 45.7 Å². The first kappa shape index (κ1) is 18.7. The quantitative estimate of drug-likeness (QED) is 0.808. The number of hydrogen-bond donors (Lipinski definition) is 2. The summed E-state index contributed by atoms with van der Waals surface area (Å²) in [5.41, 5.74) is 0.711. The number of amides is 1. The Hall–Kier alpha value is -2.63. The molecule has 0 saturated heterocycles. The zero-order valence-corrected chi connectivity index (χ0v) is 15.0. The third-order valence-corrected chi connectivity index (χ3v) is 4.62. The summed E-state index contributed by atoms with van der Waals surface area (Å²) >= 11 is 0. The Morgan fingerprint density at radius 2 is 1.88 bits per heavy atom. The van der Waals surface area contributed by atoms with E-state index in [4.69, 9.17) is 0 Å². The molecule has 0 radical (unpaired) electrons. The smallest absolute Gasteiger partial charge is 0.309 e. The molecule has 2 N–H and O–H groups in total. The number of H-pyrrole nitrogens is 1. The van der Waals surface area contributed by atoms with Gasteiger partial charge >= 0.3 is 5.97 Å². The van der Waals surface area contributed by atoms with Crippen molar-refractivity contribution in [2.75, 3.05) is 7.05 Å². The number of ketones is 1. The van der Waals surface area contributed by atoms with Gasteiger partial charge in [0, 0.05) is 43.9 Å². The van der Waals surface area contributed by atoms with Crippen molar-refractivity contribution in [3.05, 3.63) is 36.0 Å². The molecule has 1 aromatic carbocycles. The maximum absolute atomic E-state index is 12.8. The van der Waals surface area contributed by atoms with E-state index in [1.807, 2.05) is 30.5 Å². The number of carbonyl (C=O) groups excluding carboxylic acids is 2. The van der Waals surface area contributed by atoms with Crippen molar-refractivity contribution in [2.24, 2.45) is 5.41 Å². The molecule has 1 amide bonds. The zero-order chi connectivity index (χ0) is 18.8. The van der Waals surface area contributed by atoms with Gasteiger partial charge in [-0.15, -0.1) is 0 Å². The number of carbonyl (C=O) groups is 3. The Kier molecular flexibility index (Phi) is 5.30. The molecule has 0 aliphatic rings. The van der Waals surface area contributed by atoms with Gasteiger partial charge in [-0.05, 0) is 25.5 Å². The number of Topliss-reactive ketones (excluding diaryl/α,β-unsaturated/α-hetero) is 1. The molecule has 1 unspecified atom stereocenters. The van der Waals surface area contributed by atoms with Crippen molar-refractivity contribution in [1.29, 1.82) is 0 Å². The molecule has 1 heterocycles. The summed E-state index contributed by atoms with van der Waals surface area (Å²) in [6.45, 7) is 4.44. The van der Waals surface area contributed by atoms with Gasteiger partial charge in [0.05, 0.1) is 11.5 Å². The second-order valence-electron chi connectivity index (χ2n) is 7.04. The largest absolute Gasteiger partial charge is 0.481 e. The molecular weight excluding hydrogens is 320 g/mol. The first-order valence-corrected chi connectivity index (χ1v) is 8.18. The molecule has 0 spiro atoms. The molecule has 0 fully saturated rings. The summed E-state index contributed by atoms with van der Waals surface area (Å²) in [6, 6.07) is 7.03. The Labute approximate surface area is 146 Å². The molecule has 6 heteroatoms. The molecule has 134 valence electrons. The standard InChI is InChI=1S/C19H24N2O4/c1-12(22)21(4)16(17(23)10-19(2,3)18(24)25)9-13-11-20-15-8-6-5-7-14(13)15/h5-8,11,16,20H,9-10H2,1-4H3,(H,24,25). The Balaban J connectivity index is 2.32. The van der Waals surface area contributed by atoms with Crippen molar-refractivity contribution in [2.45, 2.75) is 39.7 Å². The number of likely N-dealkylation sites (N-methyl/N-ethyl adjacent to an activating group) is 1. The summed E-state index contributed by atoms with van der Waals surface area (Å²) in [6.07, 6.45) is 2.04. The first-order chi connectivity index (χ1) is 11.6. The summed E-state index contributed by atoms with van der Waals surface area (Å²) < 4.78 is 0. The van der Waals surface area contributed by atoms with Gasteiger partial charge in [-0.25, -0.2) is 0 Å². The third-order valence-electron chi connectivity index (χ3n) is 4.62. The number of nitrogens with zero attached hydrogens (tertiary/aromatic N) is 1. The zero-order valence-electron chi connectivity index (χ0n) is 15.0. The number of carboxylic acid groups (broad SMARTS) is 1. The topological polar surface area (TPSA) is 90.5 Å². The average Bonchev–Trinajstić information content (AvgIpc) is 2.94. The third kappa shape index (κ3) is 4.07. The second kappa shape index (κ2) is 7.09. The predicted molar refractivity (Wildman–Crippen MR) is 95.3 cm³/mol. The minimum Gasteiger partial charge on any atom is -0.481 e. The summed E-state index contributed by atoms with van der Waals surface area (Å²) in [5.74, 6) is -1.51. The SMILES string of the molecule is CC(=O)N(C)C(Cc1c[nH]c2ccccc12)C(=O)CC(C)(C)C(=O)O. The Bertz CT molecular complexity index is 807. The Morgan fingerprint density at radius 1 is 1.24 bits per heavy atom. The minimum atomic E-state index is -1.17. The lowest BCUT2D eigenvalue weighted by Gasteiger charge is -2.28. The number of carboxylic acids is 1. The number of aliphatic carboxylic acids is 1. The van der Waals surface area contributed by atoms with Crippen LogP contribution in [0.25, 0.3) is 10.9 Å². The molecule has 6 nitrogen and oxygen atoms in total. The number of benzene rings is 1. The molecule has 0 aliphatic heterocycles. The maximum Gasteiger partial charge on any atom is 0.309 e. The fraction of sp³-hybridized carbons (Fsp3) is 0.421. The highest BCUT2D eigenvalue weighted by Gasteiger charge is 2.35. The van der Waals surface area contributed by atoms with Crippen molar-refractivity contribution < 1.29 is 19.5 Å². The molecular formula is C19H24N2O4. The van der Waals surface area contributed by atoms with Gasteiger partial charge in [0.2, 0.25) is 5.91 Å². The van der Waals surface area contributed by atoms with Gasteiger partial charge in [0.1, 0.15) is 0 Å². The van der Waals surface area contributed by atoms with Crippen LogP contribution in [0.5, 0.6) is 0 Å². The van der Waals surface area contributed by atoms with Crippen molar-refractivity contribution in [3.8, 4) is 0 Å². The normalized spacial score (nSPS) is 12.8. The van der Waals surface area contributed by atoms with Crippen LogP contribution in [0.15, 0.2) is 30.5 Å². The van der Waals surface area contributed by atoms with Crippen LogP contribution in [-0.2, 0) is 20.8 Å². The van der Waals surface area contributed by atoms with E-state index in [2.05, 4.69) is 4.98 Å². The first-order valence-electron chi connectivity index (χ1n) is 8.18. The van der Waals surface area contributed by atoms with E-state index in [0.717, 1.165) is 16.5 Å². The predicted octanol–water partition coefficient (Wildman–Crippen LogP) is 2.63. The summed E-state index contributed by atoms with van der Waals surface area (Å²) in [7, 11) is 1.58. The molecule has 1 atom stereocenters. The number of fused-ring (bicyclic) bond motifs is 1. The molecule has 1 aromatic heterocycles. The average molecular weight is 344 g/mol. The van der Waals surface area contributed by atoms with Crippen LogP contribution >= 0.6 is 0 Å². The van der Waals surface area contributed by atoms with Crippen LogP contribution in [0.1, 0.15) is 32.8 Å². The summed E-state index contributed by atoms with van der Waals surface area (Å²) in [4.78, 5) is 40.5. The Morgan fingerprint density at radius 3 is 2.48 bits per heavy atom. The molecule has 0 aliphatic carbocycles. The molecule has 0 saturated carbocycles. The molecule has 2 aromatic rings. The summed E-state index contributed by atoms with van der Waals surface area (Å²) in [5, 5.41) is 10.3. The van der Waals surface area contributed by atoms with Crippen LogP contribution < -0.4 is 0 Å². The van der Waals surface area contributed by atoms with E-state index in [1.54, 1.807) is 7.05 Å². The molecule has 25 heavy (non-hydrogen) atoms. The van der Waals surface area contributed by atoms with E-state index >= 15 is 0 Å². The van der Waals surface area contributed by atoms with E-state index in [-0.39, 0.29) is 18.1 Å². The van der Waals surface area contributed by atoms with Crippen LogP contribution in [0.4, 0.5) is 0 Å². The highest BCUT2D eigenvalue weighted by atomic mass is 16.4. The van der Waals surface area contributed by atoms with Gasteiger partial charge in [-0.1, -0.05) is 18.2 Å². The van der Waals surface area contributed by atoms with E-state index in [1.165, 1.54) is 25.7 Å². The highest BCUT2D eigenvalue weighted by molar-refractivity contribution is 5.93. The van der Waals surface area contributed by atoms with Crippen molar-refractivity contribution in [3.63, 3.8) is 0 Å². The lowest BCUT2D eigenvalue weighted by atomic mass is 9.84. The van der Waals surface area contributed by atoms with Gasteiger partial charge in [0.15, 0.2) is 5.78 Å². The van der Waals surface area contributed by atoms with Crippen LogP contribution in [0.2, 0.25) is 0 Å². The van der Waals surface area contributed by atoms with Gasteiger partial charge in [-0.3, -0.25) is 14.4 Å². The van der Waals surface area contributed by atoms with Crippen molar-refractivity contribution >= 4 is 28.6 Å². The molecule has 2 rings (SSSR count). The number of para-hydroxylation sites is 1. The number of nitrogens with one attached hydrogen (secondary N) is 1. The fourth-order valence-electron chi connectivity index (χ4n) is 2.82.